The van der Waals surface area contributed by atoms with E-state index in [-0.39, 0.29) is 0 Å². The lowest BCUT2D eigenvalue weighted by molar-refractivity contribution is 0.201. The molecule has 17 heavy (non-hydrogen) atoms. The molecule has 0 unspecified atom stereocenters. The highest BCUT2D eigenvalue weighted by Crippen LogP contribution is 2.14. The number of nitrogens with one attached hydrogen (secondary N) is 1. The number of aromatic nitrogens is 2. The minimum Gasteiger partial charge on any atom is -0.463 e. The molecule has 1 aromatic heterocycles. The van der Waals surface area contributed by atoms with Gasteiger partial charge in [-0.2, -0.15) is 10.2 Å². The van der Waals surface area contributed by atoms with Gasteiger partial charge >= 0.3 is 6.01 Å². The Labute approximate surface area is 101 Å². The summed E-state index contributed by atoms with van der Waals surface area (Å²) in [7, 11) is 0. The maximum atomic E-state index is 8.80. The molecule has 0 atom stereocenters. The van der Waals surface area contributed by atoms with Crippen molar-refractivity contribution in [3.63, 3.8) is 0 Å². The Hall–Kier alpha value is -1.67. The molecule has 1 aliphatic rings. The summed E-state index contributed by atoms with van der Waals surface area (Å²) in [5.41, 5.74) is 1.12. The molecule has 0 spiro atoms. The van der Waals surface area contributed by atoms with E-state index in [0.717, 1.165) is 31.6 Å². The van der Waals surface area contributed by atoms with Crippen LogP contribution in [0.3, 0.4) is 0 Å². The first-order valence-corrected chi connectivity index (χ1v) is 5.87. The van der Waals surface area contributed by atoms with Crippen molar-refractivity contribution in [3.8, 4) is 12.1 Å². The van der Waals surface area contributed by atoms with Crippen molar-refractivity contribution in [2.45, 2.75) is 19.8 Å². The molecule has 0 aromatic carbocycles. The van der Waals surface area contributed by atoms with Crippen LogP contribution >= 0.6 is 0 Å². The summed E-state index contributed by atoms with van der Waals surface area (Å²) in [6.07, 6.45) is 2.24. The predicted octanol–water partition coefficient (Wildman–Crippen LogP) is 1.04. The number of hydrogen-bond donors (Lipinski definition) is 1. The number of piperidine rings is 1. The fourth-order valence-corrected chi connectivity index (χ4v) is 1.90. The lowest BCUT2D eigenvalue weighted by atomic mass is 9.99. The standard InChI is InChI=1S/C12H16N4O/c1-9-6-11(7-13)16-12(15-9)17-8-10-2-4-14-5-3-10/h6,10,14H,2-5,8H2,1H3. The molecule has 0 radical (unpaired) electrons. The minimum absolute atomic E-state index is 0.320. The number of nitrogens with zero attached hydrogens (tertiary/aromatic N) is 3. The van der Waals surface area contributed by atoms with Crippen molar-refractivity contribution < 1.29 is 4.74 Å². The van der Waals surface area contributed by atoms with E-state index in [2.05, 4.69) is 15.3 Å². The van der Waals surface area contributed by atoms with Gasteiger partial charge in [0, 0.05) is 5.69 Å². The minimum atomic E-state index is 0.320. The van der Waals surface area contributed by atoms with Gasteiger partial charge < -0.3 is 10.1 Å². The van der Waals surface area contributed by atoms with Crippen molar-refractivity contribution in [3.05, 3.63) is 17.5 Å². The van der Waals surface area contributed by atoms with Gasteiger partial charge in [0.15, 0.2) is 0 Å². The zero-order valence-electron chi connectivity index (χ0n) is 9.94. The molecule has 1 N–H and O–H groups in total. The Morgan fingerprint density at radius 2 is 2.24 bits per heavy atom. The first-order valence-electron chi connectivity index (χ1n) is 5.87. The summed E-state index contributed by atoms with van der Waals surface area (Å²) in [6.45, 7) is 4.56. The van der Waals surface area contributed by atoms with Crippen molar-refractivity contribution >= 4 is 0 Å². The summed E-state index contributed by atoms with van der Waals surface area (Å²) in [4.78, 5) is 8.19. The van der Waals surface area contributed by atoms with Crippen LogP contribution in [0.1, 0.15) is 24.2 Å². The average Bonchev–Trinajstić information content (AvgIpc) is 2.37. The van der Waals surface area contributed by atoms with Gasteiger partial charge in [-0.3, -0.25) is 0 Å². The summed E-state index contributed by atoms with van der Waals surface area (Å²) in [5, 5.41) is 12.1. The van der Waals surface area contributed by atoms with Gasteiger partial charge in [-0.05, 0) is 44.8 Å². The van der Waals surface area contributed by atoms with Gasteiger partial charge in [-0.25, -0.2) is 4.98 Å². The maximum absolute atomic E-state index is 8.80. The van der Waals surface area contributed by atoms with Gasteiger partial charge in [0.25, 0.3) is 0 Å². The van der Waals surface area contributed by atoms with Crippen molar-refractivity contribution in [1.29, 1.82) is 5.26 Å². The van der Waals surface area contributed by atoms with Crippen LogP contribution in [0.4, 0.5) is 0 Å². The number of hydrogen-bond acceptors (Lipinski definition) is 5. The highest BCUT2D eigenvalue weighted by molar-refractivity contribution is 5.23. The van der Waals surface area contributed by atoms with E-state index < -0.39 is 0 Å². The monoisotopic (exact) mass is 232 g/mol. The topological polar surface area (TPSA) is 70.8 Å². The van der Waals surface area contributed by atoms with Crippen molar-refractivity contribution in [2.24, 2.45) is 5.92 Å². The molecule has 5 nitrogen and oxygen atoms in total. The van der Waals surface area contributed by atoms with Crippen LogP contribution in [0, 0.1) is 24.2 Å². The first-order chi connectivity index (χ1) is 8.28. The summed E-state index contributed by atoms with van der Waals surface area (Å²) in [6, 6.07) is 3.97. The third-order valence-corrected chi connectivity index (χ3v) is 2.86. The molecule has 1 fully saturated rings. The van der Waals surface area contributed by atoms with Gasteiger partial charge in [-0.1, -0.05) is 0 Å². The molecule has 1 aromatic rings. The first kappa shape index (κ1) is 11.8. The second kappa shape index (κ2) is 5.60. The molecule has 2 rings (SSSR count). The molecule has 0 bridgehead atoms. The number of rotatable bonds is 3. The van der Waals surface area contributed by atoms with E-state index in [0.29, 0.717) is 24.2 Å². The molecule has 2 heterocycles. The average molecular weight is 232 g/mol. The van der Waals surface area contributed by atoms with Gasteiger partial charge in [0.05, 0.1) is 6.61 Å². The van der Waals surface area contributed by atoms with E-state index in [1.165, 1.54) is 0 Å². The molecule has 90 valence electrons. The van der Waals surface area contributed by atoms with E-state index in [1.54, 1.807) is 6.07 Å². The Morgan fingerprint density at radius 3 is 2.94 bits per heavy atom. The Balaban J connectivity index is 1.94. The maximum Gasteiger partial charge on any atom is 0.317 e. The predicted molar refractivity (Wildman–Crippen MR) is 62.6 cm³/mol. The van der Waals surface area contributed by atoms with E-state index in [1.807, 2.05) is 13.0 Å². The highest BCUT2D eigenvalue weighted by atomic mass is 16.5. The van der Waals surface area contributed by atoms with Crippen LogP contribution in [0.25, 0.3) is 0 Å². The van der Waals surface area contributed by atoms with E-state index in [9.17, 15) is 0 Å². The zero-order valence-corrected chi connectivity index (χ0v) is 9.94. The lowest BCUT2D eigenvalue weighted by Crippen LogP contribution is -2.30. The van der Waals surface area contributed by atoms with Gasteiger partial charge in [0.1, 0.15) is 11.8 Å². The molecule has 1 saturated heterocycles. The second-order valence-electron chi connectivity index (χ2n) is 4.29. The molecular weight excluding hydrogens is 216 g/mol. The highest BCUT2D eigenvalue weighted by Gasteiger charge is 2.14. The Kier molecular flexibility index (Phi) is 3.89. The van der Waals surface area contributed by atoms with Crippen LogP contribution in [-0.4, -0.2) is 29.7 Å². The smallest absolute Gasteiger partial charge is 0.317 e. The van der Waals surface area contributed by atoms with Crippen LogP contribution in [-0.2, 0) is 0 Å². The summed E-state index contributed by atoms with van der Waals surface area (Å²) < 4.78 is 5.57. The van der Waals surface area contributed by atoms with Crippen LogP contribution < -0.4 is 10.1 Å². The largest absolute Gasteiger partial charge is 0.463 e. The van der Waals surface area contributed by atoms with E-state index in [4.69, 9.17) is 10.00 Å². The molecule has 0 saturated carbocycles. The molecule has 1 aliphatic heterocycles. The zero-order chi connectivity index (χ0) is 12.1. The summed E-state index contributed by atoms with van der Waals surface area (Å²) in [5.74, 6) is 0.561. The Morgan fingerprint density at radius 1 is 1.47 bits per heavy atom. The number of aryl methyl sites for hydroxylation is 1. The third-order valence-electron chi connectivity index (χ3n) is 2.86. The fraction of sp³-hybridized carbons (Fsp3) is 0.583. The molecular formula is C12H16N4O. The second-order valence-corrected chi connectivity index (χ2v) is 4.29. The van der Waals surface area contributed by atoms with Gasteiger partial charge in [0.2, 0.25) is 0 Å². The van der Waals surface area contributed by atoms with Crippen molar-refractivity contribution in [2.75, 3.05) is 19.7 Å². The number of ether oxygens (including phenoxy) is 1. The van der Waals surface area contributed by atoms with E-state index >= 15 is 0 Å². The van der Waals surface area contributed by atoms with Crippen LogP contribution in [0.15, 0.2) is 6.07 Å². The van der Waals surface area contributed by atoms with Crippen LogP contribution in [0.2, 0.25) is 0 Å². The van der Waals surface area contributed by atoms with Gasteiger partial charge in [-0.15, -0.1) is 0 Å². The summed E-state index contributed by atoms with van der Waals surface area (Å²) >= 11 is 0. The molecule has 0 amide bonds. The van der Waals surface area contributed by atoms with Crippen molar-refractivity contribution in [1.82, 2.24) is 15.3 Å². The fourth-order valence-electron chi connectivity index (χ4n) is 1.90. The lowest BCUT2D eigenvalue weighted by Gasteiger charge is -2.22. The SMILES string of the molecule is Cc1cc(C#N)nc(OCC2CCNCC2)n1. The molecule has 5 heteroatoms. The Bertz CT molecular complexity index is 421. The number of nitriles is 1. The molecule has 0 aliphatic carbocycles. The third kappa shape index (κ3) is 3.40. The van der Waals surface area contributed by atoms with Crippen LogP contribution in [0.5, 0.6) is 6.01 Å². The quantitative estimate of drug-likeness (QED) is 0.843. The normalized spacial score (nSPS) is 16.5.